The summed E-state index contributed by atoms with van der Waals surface area (Å²) in [5, 5.41) is 11.7. The highest BCUT2D eigenvalue weighted by Gasteiger charge is 2.14. The van der Waals surface area contributed by atoms with E-state index >= 15 is 0 Å². The molecule has 1 unspecified atom stereocenters. The number of benzene rings is 2. The number of sulfonamides is 1. The molecule has 7 nitrogen and oxygen atoms in total. The lowest BCUT2D eigenvalue weighted by atomic mass is 10.0. The molecule has 0 aliphatic carbocycles. The Balaban J connectivity index is 1.98. The van der Waals surface area contributed by atoms with Crippen LogP contribution < -0.4 is 10.0 Å². The smallest absolute Gasteiger partial charge is 0.310 e. The van der Waals surface area contributed by atoms with Crippen LogP contribution in [0.15, 0.2) is 53.4 Å². The standard InChI is InChI=1S/C19H22N2O5S/c1-3-20-27(25,26)17-10-4-14(5-11-17)12-18(22)21-16-8-6-15(7-9-16)13(2)19(23)24/h4-11,13,20H,3,12H2,1-2H3,(H,21,22)(H,23,24). The number of hydrogen-bond acceptors (Lipinski definition) is 4. The van der Waals surface area contributed by atoms with Crippen molar-refractivity contribution in [3.05, 3.63) is 59.7 Å². The van der Waals surface area contributed by atoms with Crippen LogP contribution in [0.4, 0.5) is 5.69 Å². The zero-order chi connectivity index (χ0) is 20.0. The predicted molar refractivity (Wildman–Crippen MR) is 102 cm³/mol. The lowest BCUT2D eigenvalue weighted by molar-refractivity contribution is -0.138. The normalized spacial score (nSPS) is 12.4. The molecule has 2 rings (SSSR count). The van der Waals surface area contributed by atoms with E-state index in [1.807, 2.05) is 0 Å². The average molecular weight is 390 g/mol. The lowest BCUT2D eigenvalue weighted by Crippen LogP contribution is -2.23. The second-order valence-electron chi connectivity index (χ2n) is 6.05. The van der Waals surface area contributed by atoms with Gasteiger partial charge in [0.2, 0.25) is 15.9 Å². The van der Waals surface area contributed by atoms with Crippen LogP contribution in [0.1, 0.15) is 30.9 Å². The van der Waals surface area contributed by atoms with E-state index in [9.17, 15) is 18.0 Å². The van der Waals surface area contributed by atoms with Crippen molar-refractivity contribution >= 4 is 27.6 Å². The molecule has 2 aromatic rings. The van der Waals surface area contributed by atoms with Crippen LogP contribution in [0.2, 0.25) is 0 Å². The number of carbonyl (C=O) groups excluding carboxylic acids is 1. The van der Waals surface area contributed by atoms with Gasteiger partial charge in [-0.25, -0.2) is 13.1 Å². The molecule has 0 radical (unpaired) electrons. The second kappa shape index (κ2) is 8.79. The second-order valence-corrected chi connectivity index (χ2v) is 7.82. The van der Waals surface area contributed by atoms with E-state index in [2.05, 4.69) is 10.0 Å². The molecule has 1 atom stereocenters. The van der Waals surface area contributed by atoms with Gasteiger partial charge in [-0.15, -0.1) is 0 Å². The van der Waals surface area contributed by atoms with Crippen molar-refractivity contribution in [2.24, 2.45) is 0 Å². The number of rotatable bonds is 8. The van der Waals surface area contributed by atoms with Crippen LogP contribution in [0.3, 0.4) is 0 Å². The van der Waals surface area contributed by atoms with Crippen molar-refractivity contribution in [2.75, 3.05) is 11.9 Å². The molecule has 144 valence electrons. The topological polar surface area (TPSA) is 113 Å². The van der Waals surface area contributed by atoms with Crippen LogP contribution in [-0.2, 0) is 26.0 Å². The Morgan fingerprint density at radius 2 is 1.63 bits per heavy atom. The summed E-state index contributed by atoms with van der Waals surface area (Å²) in [5.74, 6) is -1.78. The first-order valence-corrected chi connectivity index (χ1v) is 9.92. The van der Waals surface area contributed by atoms with Gasteiger partial charge < -0.3 is 10.4 Å². The number of amides is 1. The minimum Gasteiger partial charge on any atom is -0.481 e. The third kappa shape index (κ3) is 5.63. The first kappa shape index (κ1) is 20.6. The summed E-state index contributed by atoms with van der Waals surface area (Å²) in [6, 6.07) is 12.7. The zero-order valence-corrected chi connectivity index (χ0v) is 15.9. The van der Waals surface area contributed by atoms with Gasteiger partial charge in [0.05, 0.1) is 17.2 Å². The number of nitrogens with one attached hydrogen (secondary N) is 2. The summed E-state index contributed by atoms with van der Waals surface area (Å²) >= 11 is 0. The highest BCUT2D eigenvalue weighted by Crippen LogP contribution is 2.18. The van der Waals surface area contributed by atoms with Crippen molar-refractivity contribution < 1.29 is 23.1 Å². The van der Waals surface area contributed by atoms with Gasteiger partial charge in [-0.2, -0.15) is 0 Å². The SMILES string of the molecule is CCNS(=O)(=O)c1ccc(CC(=O)Nc2ccc(C(C)C(=O)O)cc2)cc1. The maximum Gasteiger partial charge on any atom is 0.310 e. The average Bonchev–Trinajstić information content (AvgIpc) is 2.62. The molecule has 0 aromatic heterocycles. The molecule has 0 bridgehead atoms. The van der Waals surface area contributed by atoms with Gasteiger partial charge in [0.1, 0.15) is 0 Å². The Morgan fingerprint density at radius 3 is 2.15 bits per heavy atom. The van der Waals surface area contributed by atoms with Gasteiger partial charge in [0, 0.05) is 12.2 Å². The third-order valence-electron chi connectivity index (χ3n) is 4.00. The van der Waals surface area contributed by atoms with Gasteiger partial charge >= 0.3 is 5.97 Å². The molecule has 8 heteroatoms. The van der Waals surface area contributed by atoms with Gasteiger partial charge in [0.25, 0.3) is 0 Å². The highest BCUT2D eigenvalue weighted by molar-refractivity contribution is 7.89. The first-order valence-electron chi connectivity index (χ1n) is 8.44. The van der Waals surface area contributed by atoms with E-state index in [1.165, 1.54) is 12.1 Å². The molecule has 0 saturated carbocycles. The van der Waals surface area contributed by atoms with Crippen LogP contribution >= 0.6 is 0 Å². The van der Waals surface area contributed by atoms with Crippen molar-refractivity contribution in [2.45, 2.75) is 31.1 Å². The number of anilines is 1. The van der Waals surface area contributed by atoms with Gasteiger partial charge in [-0.05, 0) is 42.3 Å². The van der Waals surface area contributed by atoms with Crippen molar-refractivity contribution in [3.63, 3.8) is 0 Å². The first-order chi connectivity index (χ1) is 12.7. The maximum absolute atomic E-state index is 12.2. The van der Waals surface area contributed by atoms with Crippen LogP contribution in [0, 0.1) is 0 Å². The van der Waals surface area contributed by atoms with Crippen molar-refractivity contribution in [1.29, 1.82) is 0 Å². The quantitative estimate of drug-likeness (QED) is 0.640. The summed E-state index contributed by atoms with van der Waals surface area (Å²) in [6.07, 6.45) is 0.0921. The Kier molecular flexibility index (Phi) is 6.70. The van der Waals surface area contributed by atoms with E-state index in [1.54, 1.807) is 50.2 Å². The predicted octanol–water partition coefficient (Wildman–Crippen LogP) is 2.35. The van der Waals surface area contributed by atoms with Crippen LogP contribution in [0.25, 0.3) is 0 Å². The number of aliphatic carboxylic acids is 1. The fraction of sp³-hybridized carbons (Fsp3) is 0.263. The monoisotopic (exact) mass is 390 g/mol. The largest absolute Gasteiger partial charge is 0.481 e. The van der Waals surface area contributed by atoms with E-state index in [-0.39, 0.29) is 17.2 Å². The molecule has 0 fully saturated rings. The minimum absolute atomic E-state index is 0.0921. The molecule has 0 aliphatic rings. The van der Waals surface area contributed by atoms with Gasteiger partial charge in [0.15, 0.2) is 0 Å². The number of carboxylic acids is 1. The molecular formula is C19H22N2O5S. The molecular weight excluding hydrogens is 368 g/mol. The Hall–Kier alpha value is -2.71. The molecule has 0 aliphatic heterocycles. The fourth-order valence-electron chi connectivity index (χ4n) is 2.45. The van der Waals surface area contributed by atoms with Crippen LogP contribution in [-0.4, -0.2) is 31.9 Å². The highest BCUT2D eigenvalue weighted by atomic mass is 32.2. The summed E-state index contributed by atoms with van der Waals surface area (Å²) in [5.41, 5.74) is 1.89. The number of carbonyl (C=O) groups is 2. The van der Waals surface area contributed by atoms with Gasteiger partial charge in [-0.1, -0.05) is 31.2 Å². The molecule has 0 heterocycles. The lowest BCUT2D eigenvalue weighted by Gasteiger charge is -2.09. The Bertz CT molecular complexity index is 906. The molecule has 1 amide bonds. The Morgan fingerprint density at radius 1 is 1.04 bits per heavy atom. The maximum atomic E-state index is 12.2. The molecule has 0 spiro atoms. The van der Waals surface area contributed by atoms with E-state index < -0.39 is 21.9 Å². The number of carboxylic acid groups (broad SMARTS) is 1. The number of hydrogen-bond donors (Lipinski definition) is 3. The fourth-order valence-corrected chi connectivity index (χ4v) is 3.49. The van der Waals surface area contributed by atoms with E-state index in [0.29, 0.717) is 23.4 Å². The molecule has 3 N–H and O–H groups in total. The van der Waals surface area contributed by atoms with Crippen molar-refractivity contribution in [1.82, 2.24) is 4.72 Å². The van der Waals surface area contributed by atoms with E-state index in [4.69, 9.17) is 5.11 Å². The summed E-state index contributed by atoms with van der Waals surface area (Å²) in [6.45, 7) is 3.59. The third-order valence-corrected chi connectivity index (χ3v) is 5.56. The molecule has 27 heavy (non-hydrogen) atoms. The summed E-state index contributed by atoms with van der Waals surface area (Å²) in [7, 11) is -3.51. The molecule has 2 aromatic carbocycles. The van der Waals surface area contributed by atoms with E-state index in [0.717, 1.165) is 0 Å². The van der Waals surface area contributed by atoms with Gasteiger partial charge in [-0.3, -0.25) is 9.59 Å². The minimum atomic E-state index is -3.51. The van der Waals surface area contributed by atoms with Crippen LogP contribution in [0.5, 0.6) is 0 Å². The summed E-state index contributed by atoms with van der Waals surface area (Å²) < 4.78 is 26.2. The molecule has 0 saturated heterocycles. The summed E-state index contributed by atoms with van der Waals surface area (Å²) in [4.78, 5) is 23.3. The Labute approximate surface area is 158 Å². The van der Waals surface area contributed by atoms with Crippen molar-refractivity contribution in [3.8, 4) is 0 Å². The zero-order valence-electron chi connectivity index (χ0n) is 15.1.